The lowest BCUT2D eigenvalue weighted by Gasteiger charge is -2.47. The van der Waals surface area contributed by atoms with Crippen LogP contribution in [0, 0.1) is 5.92 Å². The van der Waals surface area contributed by atoms with Crippen molar-refractivity contribution in [2.24, 2.45) is 23.1 Å². The highest BCUT2D eigenvalue weighted by Gasteiger charge is 2.52. The molecular weight excluding hydrogens is 1500 g/mol. The Hall–Kier alpha value is -9.32. The van der Waals surface area contributed by atoms with E-state index in [0.717, 1.165) is 48.5 Å². The van der Waals surface area contributed by atoms with Crippen LogP contribution in [0.5, 0.6) is 46.0 Å². The molecule has 600 valence electrons. The summed E-state index contributed by atoms with van der Waals surface area (Å²) in [7, 11) is 1.47. The molecule has 0 aliphatic carbocycles. The third-order valence-electron chi connectivity index (χ3n) is 20.1. The van der Waals surface area contributed by atoms with Gasteiger partial charge in [-0.3, -0.25) is 33.6 Å². The minimum atomic E-state index is -2.38. The maximum atomic E-state index is 16.4. The van der Waals surface area contributed by atoms with Crippen LogP contribution in [0.15, 0.2) is 78.9 Å². The summed E-state index contributed by atoms with van der Waals surface area (Å²) in [4.78, 5) is 120. The van der Waals surface area contributed by atoms with Crippen molar-refractivity contribution in [3.63, 3.8) is 0 Å². The van der Waals surface area contributed by atoms with Crippen LogP contribution in [0.4, 0.5) is 0 Å². The highest BCUT2D eigenvalue weighted by molar-refractivity contribution is 6.32. The number of ether oxygens (including phenoxy) is 8. The average molecular weight is 1590 g/mol. The molecule has 3 fully saturated rings. The van der Waals surface area contributed by atoms with Crippen molar-refractivity contribution in [2.75, 3.05) is 13.7 Å². The summed E-state index contributed by atoms with van der Waals surface area (Å²) in [5.74, 6) is -16.1. The lowest BCUT2D eigenvalue weighted by Crippen LogP contribution is -2.64. The molecule has 22 atom stereocenters. The molecule has 0 spiro atoms. The second kappa shape index (κ2) is 33.2. The summed E-state index contributed by atoms with van der Waals surface area (Å²) in [6, 6.07) is -0.452. The predicted octanol–water partition coefficient (Wildman–Crippen LogP) is 0.344. The number of rotatable bonds is 15. The largest absolute Gasteiger partial charge is 0.508 e. The van der Waals surface area contributed by atoms with Gasteiger partial charge in [-0.2, -0.15) is 0 Å². The van der Waals surface area contributed by atoms with E-state index in [4.69, 9.17) is 78.3 Å². The van der Waals surface area contributed by atoms with Crippen molar-refractivity contribution in [2.45, 2.75) is 201 Å². The summed E-state index contributed by atoms with van der Waals surface area (Å²) >= 11 is 14.5. The van der Waals surface area contributed by atoms with Gasteiger partial charge in [-0.1, -0.05) is 55.2 Å². The molecular formula is C73H88Cl2N10O26. The number of aliphatic carboxylic acids is 1. The zero-order valence-electron chi connectivity index (χ0n) is 60.7. The Kier molecular flexibility index (Phi) is 24.7. The molecule has 5 aromatic rings. The Morgan fingerprint density at radius 3 is 1.79 bits per heavy atom. The fourth-order valence-corrected chi connectivity index (χ4v) is 14.7. The predicted molar refractivity (Wildman–Crippen MR) is 386 cm³/mol. The number of phenolic OH excluding ortho intramolecular Hbond substituents is 3. The Balaban J connectivity index is 1.19. The van der Waals surface area contributed by atoms with Crippen LogP contribution in [0.3, 0.4) is 0 Å². The fraction of sp³-hybridized carbons (Fsp3) is 0.479. The van der Waals surface area contributed by atoms with Gasteiger partial charge in [0.05, 0.1) is 53.5 Å². The number of carboxylic acid groups (broad SMARTS) is 1. The first-order valence-electron chi connectivity index (χ1n) is 35.3. The van der Waals surface area contributed by atoms with Crippen LogP contribution in [-0.4, -0.2) is 215 Å². The molecule has 23 N–H and O–H groups in total. The van der Waals surface area contributed by atoms with Crippen LogP contribution < -0.4 is 68.6 Å². The van der Waals surface area contributed by atoms with Gasteiger partial charge in [-0.05, 0) is 124 Å². The zero-order chi connectivity index (χ0) is 80.9. The van der Waals surface area contributed by atoms with E-state index in [2.05, 4.69) is 37.2 Å². The van der Waals surface area contributed by atoms with E-state index in [1.165, 1.54) is 65.1 Å². The van der Waals surface area contributed by atoms with Crippen LogP contribution in [0.1, 0.15) is 125 Å². The zero-order valence-corrected chi connectivity index (χ0v) is 62.2. The Morgan fingerprint density at radius 1 is 0.658 bits per heavy atom. The number of aliphatic hydroxyl groups is 6. The van der Waals surface area contributed by atoms with Crippen LogP contribution in [0.25, 0.3) is 11.1 Å². The standard InChI is InChI=1S/C73H88Cl2N10O26/c1-26(2)14-38(79-7)64(96)84-54-56(91)30-9-12-42(36(74)16-30)106-44-18-32-19-45(60(44)111-71-61(58(93)57(92)46(25-86)108-71)110-49-24-73(6,78)63(95)28(4)105-49)107-43-13-10-31(17-37(43)75)59(109-48-23-72(5,77)62(94)27(3)104-48)55-69(101)83-53(70(102)103)35-20-33(87)21-41(89)50(35)34-15-29(8-11-40(34)88)51(66(98)85-55)82-67(99)52(32)81-65(97)39(22-47(76)90)80-68(54)100/h8-13,15-21,26-28,38-39,46,48-49,51-59,61-63,71,79,86-89,91-95H,14,22-25,77-78H2,1-7H3,(H2,76,90)(H,80,100)(H,81,97)(H,82,99)(H,83,101)(H,84,96)(H,85,98)(H,102,103)/t27-,28-,38+,39-,46+,48-,49-,51+,52+,53?,54+,55-,56+,57+,58+,59+,61+,62-,63-,71-,72-,73-/m0/s1. The molecule has 3 saturated heterocycles. The molecule has 8 aliphatic heterocycles. The van der Waals surface area contributed by atoms with Gasteiger partial charge in [0.1, 0.15) is 89.5 Å². The third-order valence-corrected chi connectivity index (χ3v) is 20.7. The Labute approximate surface area is 643 Å². The summed E-state index contributed by atoms with van der Waals surface area (Å²) < 4.78 is 51.7. The van der Waals surface area contributed by atoms with Crippen molar-refractivity contribution in [3.8, 4) is 57.1 Å². The first-order chi connectivity index (χ1) is 52.3. The molecule has 8 aliphatic rings. The SMILES string of the molecule is CN[C@H](CC(C)C)C(=O)N[C@H]1C(=O)N[C@@H](CC(N)=O)C(=O)N[C@H]2C(=O)N[C@H]3C(=O)N[C@H](C(=O)NC(C(=O)O)c4cc(O)cc(O)c4-c4cc3ccc4O)[C@H](O[C@H]3C[C@](C)(N)[C@@H](O)[C@H](C)O3)c3ccc(c(Cl)c3)Oc3cc2cc(c3O[C@@H]2O[C@H](CO)[C@@H](O)[C@@H](O)[C@H]2O[C@H]2C[C@](C)(N)[C@@H](O)[C@H](C)O2)Oc2ccc(cc2Cl)[C@H]1O. The minimum absolute atomic E-state index is 0.110. The van der Waals surface area contributed by atoms with Gasteiger partial charge < -0.3 is 143 Å². The van der Waals surface area contributed by atoms with E-state index in [1.807, 2.05) is 13.8 Å². The number of likely N-dealkylation sites (N-methyl/N-ethyl adjacent to an activating group) is 1. The molecule has 0 aromatic heterocycles. The molecule has 5 aromatic carbocycles. The van der Waals surface area contributed by atoms with E-state index >= 15 is 19.2 Å². The number of aliphatic hydroxyl groups excluding tert-OH is 6. The normalized spacial score (nSPS) is 32.1. The summed E-state index contributed by atoms with van der Waals surface area (Å²) in [5, 5.41) is 131. The highest BCUT2D eigenvalue weighted by atomic mass is 35.5. The second-order valence-electron chi connectivity index (χ2n) is 29.3. The van der Waals surface area contributed by atoms with Gasteiger partial charge in [0.2, 0.25) is 53.4 Å². The third kappa shape index (κ3) is 17.7. The monoisotopic (exact) mass is 1590 g/mol. The topological polar surface area (TPSA) is 575 Å². The Morgan fingerprint density at radius 2 is 1.23 bits per heavy atom. The van der Waals surface area contributed by atoms with Crippen molar-refractivity contribution in [1.29, 1.82) is 0 Å². The molecule has 111 heavy (non-hydrogen) atoms. The second-order valence-corrected chi connectivity index (χ2v) is 30.1. The summed E-state index contributed by atoms with van der Waals surface area (Å²) in [5.41, 5.74) is 13.3. The quantitative estimate of drug-likeness (QED) is 0.0672. The number of carboxylic acids is 1. The van der Waals surface area contributed by atoms with Gasteiger partial charge in [-0.15, -0.1) is 0 Å². The number of carbonyl (C=O) groups excluding carboxylic acids is 7. The van der Waals surface area contributed by atoms with Crippen molar-refractivity contribution in [3.05, 3.63) is 117 Å². The first-order valence-corrected chi connectivity index (χ1v) is 36.1. The van der Waals surface area contributed by atoms with E-state index in [9.17, 15) is 70.2 Å². The molecule has 38 heteroatoms. The van der Waals surface area contributed by atoms with Gasteiger partial charge in [0, 0.05) is 46.7 Å². The van der Waals surface area contributed by atoms with Gasteiger partial charge in [0.25, 0.3) is 0 Å². The number of benzene rings is 5. The number of amides is 7. The number of phenols is 3. The maximum Gasteiger partial charge on any atom is 0.330 e. The number of nitrogens with one attached hydrogen (secondary N) is 7. The number of primary amides is 1. The number of carbonyl (C=O) groups is 8. The minimum Gasteiger partial charge on any atom is -0.508 e. The number of nitrogens with two attached hydrogens (primary N) is 3. The van der Waals surface area contributed by atoms with Gasteiger partial charge >= 0.3 is 5.97 Å². The summed E-state index contributed by atoms with van der Waals surface area (Å²) in [6.45, 7) is 8.58. The van der Waals surface area contributed by atoms with Gasteiger partial charge in [0.15, 0.2) is 36.2 Å². The number of hydrogen-bond donors (Lipinski definition) is 20. The van der Waals surface area contributed by atoms with Crippen LogP contribution >= 0.6 is 23.2 Å². The van der Waals surface area contributed by atoms with Crippen molar-refractivity contribution >= 4 is 70.5 Å². The molecule has 7 amide bonds. The van der Waals surface area contributed by atoms with Crippen molar-refractivity contribution in [1.82, 2.24) is 37.2 Å². The fourth-order valence-electron chi connectivity index (χ4n) is 14.3. The number of aromatic hydroxyl groups is 3. The van der Waals surface area contributed by atoms with Crippen LogP contribution in [0.2, 0.25) is 10.0 Å². The van der Waals surface area contributed by atoms with E-state index in [-0.39, 0.29) is 52.6 Å². The molecule has 0 radical (unpaired) electrons. The van der Waals surface area contributed by atoms with Crippen LogP contribution in [-0.2, 0) is 62.0 Å². The molecule has 1 unspecified atom stereocenters. The number of hydrogen-bond acceptors (Lipinski definition) is 28. The lowest BCUT2D eigenvalue weighted by molar-refractivity contribution is -0.333. The smallest absolute Gasteiger partial charge is 0.330 e. The van der Waals surface area contributed by atoms with E-state index in [0.29, 0.717) is 0 Å². The molecule has 36 nitrogen and oxygen atoms in total. The van der Waals surface area contributed by atoms with Crippen molar-refractivity contribution < 1.29 is 127 Å². The Bertz CT molecular complexity index is 4420. The molecule has 8 heterocycles. The lowest BCUT2D eigenvalue weighted by atomic mass is 9.86. The molecule has 11 bridgehead atoms. The van der Waals surface area contributed by atoms with Gasteiger partial charge in [-0.25, -0.2) is 4.79 Å². The average Bonchev–Trinajstić information content (AvgIpc) is 0.763. The van der Waals surface area contributed by atoms with E-state index < -0.39 is 261 Å². The highest BCUT2D eigenvalue weighted by Crippen LogP contribution is 2.50. The number of fused-ring (bicyclic) bond motifs is 15. The molecule has 0 saturated carbocycles. The van der Waals surface area contributed by atoms with E-state index in [1.54, 1.807) is 0 Å². The maximum absolute atomic E-state index is 16.4. The molecule has 13 rings (SSSR count). The first kappa shape index (κ1) is 82.6. The summed E-state index contributed by atoms with van der Waals surface area (Å²) in [6.07, 6.45) is -22.8. The number of halogens is 2.